The Bertz CT molecular complexity index is 943. The lowest BCUT2D eigenvalue weighted by molar-refractivity contribution is -0.145. The number of carbonyl (C=O) groups is 4. The van der Waals surface area contributed by atoms with E-state index in [1.54, 1.807) is 20.8 Å². The topological polar surface area (TPSA) is 148 Å². The number of amides is 4. The molecule has 0 aromatic carbocycles. The van der Waals surface area contributed by atoms with Crippen molar-refractivity contribution in [2.24, 2.45) is 22.7 Å². The zero-order valence-corrected chi connectivity index (χ0v) is 23.0. The molecular formula is C26H42F2N4O6. The maximum Gasteiger partial charge on any atom is 0.405 e. The molecule has 1 aliphatic heterocycles. The van der Waals surface area contributed by atoms with Crippen molar-refractivity contribution in [3.8, 4) is 0 Å². The number of hydrogen-bond acceptors (Lipinski definition) is 5. The van der Waals surface area contributed by atoms with E-state index < -0.39 is 65.8 Å². The number of halogens is 2. The van der Waals surface area contributed by atoms with E-state index >= 15 is 0 Å². The highest BCUT2D eigenvalue weighted by Crippen LogP contribution is 2.57. The van der Waals surface area contributed by atoms with Crippen LogP contribution in [0.25, 0.3) is 0 Å². The van der Waals surface area contributed by atoms with Crippen molar-refractivity contribution in [3.63, 3.8) is 0 Å². The van der Waals surface area contributed by atoms with Crippen molar-refractivity contribution in [2.45, 2.75) is 110 Å². The summed E-state index contributed by atoms with van der Waals surface area (Å²) < 4.78 is 27.4. The van der Waals surface area contributed by atoms with Crippen LogP contribution < -0.4 is 16.0 Å². The van der Waals surface area contributed by atoms with Gasteiger partial charge in [0.15, 0.2) is 6.10 Å². The van der Waals surface area contributed by atoms with Gasteiger partial charge in [0, 0.05) is 19.0 Å². The predicted octanol–water partition coefficient (Wildman–Crippen LogP) is 2.10. The van der Waals surface area contributed by atoms with Gasteiger partial charge in [-0.05, 0) is 55.3 Å². The molecule has 0 aromatic rings. The molecule has 3 fully saturated rings. The van der Waals surface area contributed by atoms with Crippen molar-refractivity contribution in [2.75, 3.05) is 6.54 Å². The lowest BCUT2D eigenvalue weighted by Gasteiger charge is -2.49. The van der Waals surface area contributed by atoms with Crippen LogP contribution in [0.15, 0.2) is 0 Å². The summed E-state index contributed by atoms with van der Waals surface area (Å²) in [6.45, 7) is 10.1. The molecule has 0 spiro atoms. The van der Waals surface area contributed by atoms with Crippen LogP contribution in [-0.2, 0) is 14.4 Å². The van der Waals surface area contributed by atoms with Gasteiger partial charge in [0.05, 0.1) is 6.04 Å². The lowest BCUT2D eigenvalue weighted by atomic mass is 9.55. The Morgan fingerprint density at radius 2 is 1.68 bits per heavy atom. The molecule has 5 N–H and O–H groups in total. The number of aliphatic hydroxyl groups excluding tert-OH is 1. The molecule has 0 bridgehead atoms. The van der Waals surface area contributed by atoms with Crippen LogP contribution in [-0.4, -0.2) is 81.7 Å². The lowest BCUT2D eigenvalue weighted by Crippen LogP contribution is -2.61. The minimum Gasteiger partial charge on any atom is -0.465 e. The first-order chi connectivity index (χ1) is 17.3. The third-order valence-corrected chi connectivity index (χ3v) is 8.03. The van der Waals surface area contributed by atoms with Crippen LogP contribution in [0.5, 0.6) is 0 Å². The second-order valence-electron chi connectivity index (χ2n) is 13.1. The fourth-order valence-corrected chi connectivity index (χ4v) is 5.99. The fourth-order valence-electron chi connectivity index (χ4n) is 5.99. The fraction of sp³-hybridized carbons (Fsp3) is 0.846. The van der Waals surface area contributed by atoms with E-state index in [1.807, 2.05) is 13.8 Å². The first kappa shape index (κ1) is 30.0. The minimum absolute atomic E-state index is 0.0108. The molecule has 38 heavy (non-hydrogen) atoms. The number of likely N-dealkylation sites (tertiary alicyclic amines) is 1. The van der Waals surface area contributed by atoms with Crippen LogP contribution in [0.3, 0.4) is 0 Å². The molecule has 0 radical (unpaired) electrons. The Balaban J connectivity index is 1.87. The first-order valence-electron chi connectivity index (χ1n) is 13.3. The Kier molecular flexibility index (Phi) is 8.36. The number of nitrogens with one attached hydrogen (secondary N) is 3. The average molecular weight is 545 g/mol. The summed E-state index contributed by atoms with van der Waals surface area (Å²) in [6.07, 6.45) is -1.84. The summed E-state index contributed by atoms with van der Waals surface area (Å²) in [4.78, 5) is 52.8. The van der Waals surface area contributed by atoms with Gasteiger partial charge >= 0.3 is 6.09 Å². The Labute approximate surface area is 222 Å². The number of rotatable bonds is 10. The monoisotopic (exact) mass is 544 g/mol. The summed E-state index contributed by atoms with van der Waals surface area (Å²) >= 11 is 0. The van der Waals surface area contributed by atoms with E-state index in [4.69, 9.17) is 0 Å². The second kappa shape index (κ2) is 10.6. The van der Waals surface area contributed by atoms with Gasteiger partial charge in [-0.25, -0.2) is 13.6 Å². The van der Waals surface area contributed by atoms with Gasteiger partial charge in [-0.1, -0.05) is 34.6 Å². The molecule has 3 rings (SSSR count). The maximum atomic E-state index is 13.8. The number of hydrogen-bond donors (Lipinski definition) is 5. The van der Waals surface area contributed by atoms with Crippen LogP contribution in [0.2, 0.25) is 0 Å². The third kappa shape index (κ3) is 6.92. The molecule has 4 amide bonds. The van der Waals surface area contributed by atoms with Gasteiger partial charge in [-0.15, -0.1) is 0 Å². The van der Waals surface area contributed by atoms with Crippen LogP contribution in [0.1, 0.15) is 73.6 Å². The van der Waals surface area contributed by atoms with E-state index in [-0.39, 0.29) is 36.3 Å². The molecule has 2 aliphatic carbocycles. The zero-order chi connectivity index (χ0) is 28.8. The maximum absolute atomic E-state index is 13.8. The number of nitrogens with zero attached hydrogens (tertiary/aromatic N) is 1. The van der Waals surface area contributed by atoms with Crippen LogP contribution in [0, 0.1) is 22.7 Å². The SMILES string of the molecule is CC(F)(F)CC[C@H](NC(=O)[C@@H]1[C@@H]2[C@H](CN1C(=O)[C@@H](NC(=O)O)C(C)(C)C)CC2(C)C)C(O)C(=O)NC1CC1. The van der Waals surface area contributed by atoms with Gasteiger partial charge in [-0.3, -0.25) is 14.4 Å². The van der Waals surface area contributed by atoms with E-state index in [0.29, 0.717) is 0 Å². The molecule has 6 atom stereocenters. The number of fused-ring (bicyclic) bond motifs is 1. The van der Waals surface area contributed by atoms with Crippen molar-refractivity contribution in [1.29, 1.82) is 0 Å². The van der Waals surface area contributed by atoms with E-state index in [9.17, 15) is 38.2 Å². The van der Waals surface area contributed by atoms with E-state index in [0.717, 1.165) is 26.2 Å². The van der Waals surface area contributed by atoms with Crippen molar-refractivity contribution in [1.82, 2.24) is 20.9 Å². The third-order valence-electron chi connectivity index (χ3n) is 8.03. The molecule has 12 heteroatoms. The highest BCUT2D eigenvalue weighted by Gasteiger charge is 2.61. The second-order valence-corrected chi connectivity index (χ2v) is 13.1. The smallest absolute Gasteiger partial charge is 0.405 e. The predicted molar refractivity (Wildman–Crippen MR) is 134 cm³/mol. The largest absolute Gasteiger partial charge is 0.465 e. The Hall–Kier alpha value is -2.50. The number of carbonyl (C=O) groups excluding carboxylic acids is 3. The summed E-state index contributed by atoms with van der Waals surface area (Å²) in [5.74, 6) is -5.25. The Morgan fingerprint density at radius 1 is 1.08 bits per heavy atom. The highest BCUT2D eigenvalue weighted by molar-refractivity contribution is 5.93. The number of aliphatic hydroxyl groups is 1. The molecule has 1 unspecified atom stereocenters. The normalized spacial score (nSPS) is 26.9. The molecule has 3 aliphatic rings. The quantitative estimate of drug-likeness (QED) is 0.285. The Morgan fingerprint density at radius 3 is 2.16 bits per heavy atom. The highest BCUT2D eigenvalue weighted by atomic mass is 19.3. The summed E-state index contributed by atoms with van der Waals surface area (Å²) in [5.41, 5.74) is -1.09. The molecule has 1 saturated heterocycles. The molecule has 1 heterocycles. The summed E-state index contributed by atoms with van der Waals surface area (Å²) in [5, 5.41) is 27.6. The minimum atomic E-state index is -3.07. The van der Waals surface area contributed by atoms with Crippen molar-refractivity contribution < 1.29 is 38.2 Å². The molecule has 0 aromatic heterocycles. The molecule has 2 saturated carbocycles. The van der Waals surface area contributed by atoms with Crippen LogP contribution in [0.4, 0.5) is 13.6 Å². The number of carboxylic acid groups (broad SMARTS) is 1. The van der Waals surface area contributed by atoms with Gasteiger partial charge in [0.2, 0.25) is 17.7 Å². The van der Waals surface area contributed by atoms with Gasteiger partial charge in [-0.2, -0.15) is 0 Å². The van der Waals surface area contributed by atoms with Crippen LogP contribution >= 0.6 is 0 Å². The first-order valence-corrected chi connectivity index (χ1v) is 13.3. The van der Waals surface area contributed by atoms with Gasteiger partial charge in [0.25, 0.3) is 5.91 Å². The van der Waals surface area contributed by atoms with Gasteiger partial charge < -0.3 is 31.1 Å². The molecule has 216 valence electrons. The zero-order valence-electron chi connectivity index (χ0n) is 23.0. The molecular weight excluding hydrogens is 502 g/mol. The van der Waals surface area contributed by atoms with E-state index in [2.05, 4.69) is 16.0 Å². The average Bonchev–Trinajstić information content (AvgIpc) is 3.50. The van der Waals surface area contributed by atoms with Crippen molar-refractivity contribution in [3.05, 3.63) is 0 Å². The summed E-state index contributed by atoms with van der Waals surface area (Å²) in [7, 11) is 0. The van der Waals surface area contributed by atoms with Gasteiger partial charge in [0.1, 0.15) is 12.1 Å². The van der Waals surface area contributed by atoms with Crippen molar-refractivity contribution >= 4 is 23.8 Å². The van der Waals surface area contributed by atoms with E-state index in [1.165, 1.54) is 4.90 Å². The number of alkyl halides is 2. The summed E-state index contributed by atoms with van der Waals surface area (Å²) in [6, 6.07) is -3.49. The molecule has 10 nitrogen and oxygen atoms in total. The standard InChI is InChI=1S/C26H42F2N4O6/c1-24(2,3)19(31-23(37)38)22(36)32-12-13-11-25(4,5)16(13)17(32)20(34)30-15(9-10-26(6,27)28)18(33)21(35)29-14-7-8-14/h13-19,31,33H,7-12H2,1-6H3,(H,29,35)(H,30,34)(H,37,38)/t13-,15-,16-,17-,18?,19+/m0/s1.